The third-order valence-corrected chi connectivity index (χ3v) is 5.52. The smallest absolute Gasteiger partial charge is 0.303 e. The molecule has 7 nitrogen and oxygen atoms in total. The van der Waals surface area contributed by atoms with Crippen LogP contribution in [0.2, 0.25) is 0 Å². The molecule has 0 spiro atoms. The molecule has 1 aromatic carbocycles. The summed E-state index contributed by atoms with van der Waals surface area (Å²) in [5.74, 6) is -1.60. The van der Waals surface area contributed by atoms with Gasteiger partial charge < -0.3 is 19.3 Å². The lowest BCUT2D eigenvalue weighted by atomic mass is 9.91. The maximum atomic E-state index is 12.5. The highest BCUT2D eigenvalue weighted by Gasteiger charge is 2.57. The molecular formula is C15H21NO6S. The van der Waals surface area contributed by atoms with Crippen LogP contribution in [0.1, 0.15) is 13.8 Å². The number of sulfonamides is 1. The Bertz CT molecular complexity index is 635. The summed E-state index contributed by atoms with van der Waals surface area (Å²) in [5.41, 5.74) is -0.247. The second-order valence-electron chi connectivity index (χ2n) is 6.43. The van der Waals surface area contributed by atoms with Crippen molar-refractivity contribution in [2.75, 3.05) is 19.8 Å². The predicted molar refractivity (Wildman–Crippen MR) is 80.9 cm³/mol. The Labute approximate surface area is 135 Å². The molecule has 0 amide bonds. The average Bonchev–Trinajstić information content (AvgIpc) is 2.54. The first kappa shape index (κ1) is 16.8. The summed E-state index contributed by atoms with van der Waals surface area (Å²) in [4.78, 5) is 0.0958. The number of hydrogen-bond donors (Lipinski definition) is 2. The Hall–Kier alpha value is -1.03. The van der Waals surface area contributed by atoms with E-state index in [2.05, 4.69) is 4.72 Å². The van der Waals surface area contributed by atoms with E-state index in [4.69, 9.17) is 14.2 Å². The first-order valence-corrected chi connectivity index (χ1v) is 8.92. The van der Waals surface area contributed by atoms with Crippen LogP contribution in [0.4, 0.5) is 0 Å². The molecule has 2 atom stereocenters. The third kappa shape index (κ3) is 3.15. The second-order valence-corrected chi connectivity index (χ2v) is 8.15. The Morgan fingerprint density at radius 2 is 1.65 bits per heavy atom. The number of nitrogens with one attached hydrogen (secondary N) is 1. The van der Waals surface area contributed by atoms with Gasteiger partial charge in [0.15, 0.2) is 0 Å². The summed E-state index contributed by atoms with van der Waals surface area (Å²) >= 11 is 0. The number of benzene rings is 1. The lowest BCUT2D eigenvalue weighted by Gasteiger charge is -2.53. The molecule has 1 aromatic rings. The van der Waals surface area contributed by atoms with Gasteiger partial charge in [-0.15, -0.1) is 0 Å². The summed E-state index contributed by atoms with van der Waals surface area (Å²) < 4.78 is 44.4. The lowest BCUT2D eigenvalue weighted by molar-refractivity contribution is -0.476. The Balaban J connectivity index is 1.86. The van der Waals surface area contributed by atoms with Crippen LogP contribution in [-0.2, 0) is 24.2 Å². The number of fused-ring (bicyclic) bond motifs is 3. The van der Waals surface area contributed by atoms with Gasteiger partial charge in [-0.1, -0.05) is 25.1 Å². The minimum absolute atomic E-state index is 0.0958. The fourth-order valence-electron chi connectivity index (χ4n) is 2.64. The molecule has 3 heterocycles. The zero-order chi connectivity index (χ0) is 16.7. The van der Waals surface area contributed by atoms with Gasteiger partial charge in [-0.3, -0.25) is 0 Å². The van der Waals surface area contributed by atoms with E-state index < -0.39 is 28.1 Å². The molecule has 3 aliphatic heterocycles. The van der Waals surface area contributed by atoms with Gasteiger partial charge in [-0.2, -0.15) is 4.72 Å². The Morgan fingerprint density at radius 1 is 1.13 bits per heavy atom. The molecule has 0 aromatic heterocycles. The summed E-state index contributed by atoms with van der Waals surface area (Å²) in [7, 11) is -3.85. The van der Waals surface area contributed by atoms with E-state index in [1.165, 1.54) is 19.1 Å². The topological polar surface area (TPSA) is 94.1 Å². The molecule has 0 radical (unpaired) electrons. The van der Waals surface area contributed by atoms with Crippen molar-refractivity contribution < 1.29 is 27.7 Å². The monoisotopic (exact) mass is 343 g/mol. The third-order valence-electron chi connectivity index (χ3n) is 4.06. The molecule has 2 bridgehead atoms. The zero-order valence-corrected chi connectivity index (χ0v) is 13.9. The van der Waals surface area contributed by atoms with Gasteiger partial charge in [0.2, 0.25) is 10.0 Å². The van der Waals surface area contributed by atoms with Crippen molar-refractivity contribution in [3.05, 3.63) is 30.3 Å². The molecular weight excluding hydrogens is 322 g/mol. The standard InChI is InChI=1S/C15H21NO6S/c1-11(17)13(15-20-8-14(2,9-21-15)10-22-15)16-23(18,19)12-6-4-3-5-7-12/h3-7,11,13,16-17H,8-10H2,1-2H3. The maximum absolute atomic E-state index is 12.5. The molecule has 3 fully saturated rings. The number of hydrogen-bond acceptors (Lipinski definition) is 6. The summed E-state index contributed by atoms with van der Waals surface area (Å²) in [6.07, 6.45) is -1.07. The molecule has 23 heavy (non-hydrogen) atoms. The van der Waals surface area contributed by atoms with Crippen molar-refractivity contribution in [2.45, 2.75) is 36.9 Å². The average molecular weight is 343 g/mol. The van der Waals surface area contributed by atoms with E-state index in [9.17, 15) is 13.5 Å². The SMILES string of the molecule is CC(O)C(NS(=O)(=O)c1ccccc1)C12OCC(C)(CO1)CO2. The zero-order valence-electron chi connectivity index (χ0n) is 13.1. The van der Waals surface area contributed by atoms with Crippen LogP contribution in [0.5, 0.6) is 0 Å². The van der Waals surface area contributed by atoms with Crippen LogP contribution in [0.25, 0.3) is 0 Å². The largest absolute Gasteiger partial charge is 0.391 e. The molecule has 0 aliphatic carbocycles. The quantitative estimate of drug-likeness (QED) is 0.806. The number of aliphatic hydroxyl groups is 1. The first-order chi connectivity index (χ1) is 10.8. The van der Waals surface area contributed by atoms with Gasteiger partial charge in [0.1, 0.15) is 6.04 Å². The van der Waals surface area contributed by atoms with Gasteiger partial charge in [-0.05, 0) is 19.1 Å². The van der Waals surface area contributed by atoms with Crippen molar-refractivity contribution in [2.24, 2.45) is 5.41 Å². The van der Waals surface area contributed by atoms with Gasteiger partial charge in [0, 0.05) is 5.41 Å². The van der Waals surface area contributed by atoms with E-state index in [0.29, 0.717) is 19.8 Å². The van der Waals surface area contributed by atoms with Crippen molar-refractivity contribution in [1.82, 2.24) is 4.72 Å². The minimum Gasteiger partial charge on any atom is -0.391 e. The molecule has 3 aliphatic rings. The molecule has 128 valence electrons. The van der Waals surface area contributed by atoms with Crippen LogP contribution in [0, 0.1) is 5.41 Å². The lowest BCUT2D eigenvalue weighted by Crippen LogP contribution is -2.69. The van der Waals surface area contributed by atoms with Crippen molar-refractivity contribution >= 4 is 10.0 Å². The Kier molecular flexibility index (Phi) is 4.24. The highest BCUT2D eigenvalue weighted by molar-refractivity contribution is 7.89. The fourth-order valence-corrected chi connectivity index (χ4v) is 3.97. The van der Waals surface area contributed by atoms with E-state index in [1.807, 2.05) is 6.92 Å². The van der Waals surface area contributed by atoms with Crippen LogP contribution in [-0.4, -0.2) is 51.5 Å². The highest BCUT2D eigenvalue weighted by Crippen LogP contribution is 2.40. The maximum Gasteiger partial charge on any atom is 0.303 e. The van der Waals surface area contributed by atoms with Crippen LogP contribution < -0.4 is 4.72 Å². The van der Waals surface area contributed by atoms with Crippen molar-refractivity contribution in [1.29, 1.82) is 0 Å². The first-order valence-electron chi connectivity index (χ1n) is 7.44. The van der Waals surface area contributed by atoms with Crippen LogP contribution in [0.15, 0.2) is 35.2 Å². The van der Waals surface area contributed by atoms with Crippen molar-refractivity contribution in [3.8, 4) is 0 Å². The molecule has 2 unspecified atom stereocenters. The molecule has 8 heteroatoms. The highest BCUT2D eigenvalue weighted by atomic mass is 32.2. The van der Waals surface area contributed by atoms with Gasteiger partial charge in [0.25, 0.3) is 0 Å². The van der Waals surface area contributed by atoms with E-state index in [-0.39, 0.29) is 10.3 Å². The molecule has 4 rings (SSSR count). The molecule has 3 saturated heterocycles. The van der Waals surface area contributed by atoms with Crippen LogP contribution in [0.3, 0.4) is 0 Å². The summed E-state index contributed by atoms with van der Waals surface area (Å²) in [5, 5.41) is 10.1. The summed E-state index contributed by atoms with van der Waals surface area (Å²) in [6.45, 7) is 4.56. The predicted octanol–water partition coefficient (Wildman–Crippen LogP) is 0.451. The second kappa shape index (κ2) is 5.80. The number of aliphatic hydroxyl groups excluding tert-OH is 1. The van der Waals surface area contributed by atoms with Gasteiger partial charge in [-0.25, -0.2) is 8.42 Å². The normalized spacial score (nSPS) is 33.3. The van der Waals surface area contributed by atoms with Gasteiger partial charge >= 0.3 is 5.97 Å². The summed E-state index contributed by atoms with van der Waals surface area (Å²) in [6, 6.07) is 6.84. The van der Waals surface area contributed by atoms with Crippen molar-refractivity contribution in [3.63, 3.8) is 0 Å². The number of rotatable bonds is 5. The van der Waals surface area contributed by atoms with Crippen LogP contribution >= 0.6 is 0 Å². The van der Waals surface area contributed by atoms with E-state index in [1.54, 1.807) is 18.2 Å². The molecule has 0 saturated carbocycles. The Morgan fingerprint density at radius 3 is 2.13 bits per heavy atom. The van der Waals surface area contributed by atoms with Gasteiger partial charge in [0.05, 0.1) is 30.8 Å². The van der Waals surface area contributed by atoms with E-state index in [0.717, 1.165) is 0 Å². The fraction of sp³-hybridized carbons (Fsp3) is 0.600. The minimum atomic E-state index is -3.85. The van der Waals surface area contributed by atoms with E-state index >= 15 is 0 Å². The molecule has 2 N–H and O–H groups in total. The number of ether oxygens (including phenoxy) is 3.